The molecule has 100 valence electrons. The van der Waals surface area contributed by atoms with E-state index >= 15 is 0 Å². The van der Waals surface area contributed by atoms with Gasteiger partial charge < -0.3 is 15.0 Å². The van der Waals surface area contributed by atoms with Gasteiger partial charge in [-0.25, -0.2) is 0 Å². The minimum absolute atomic E-state index is 0.513. The van der Waals surface area contributed by atoms with Gasteiger partial charge in [0.2, 0.25) is 0 Å². The lowest BCUT2D eigenvalue weighted by Crippen LogP contribution is -2.36. The van der Waals surface area contributed by atoms with Gasteiger partial charge in [-0.3, -0.25) is 0 Å². The van der Waals surface area contributed by atoms with Gasteiger partial charge in [-0.2, -0.15) is 0 Å². The largest absolute Gasteiger partial charge is 0.492 e. The SMILES string of the molecule is CCOc1ccc(Cl)cc1NC1CCN(C)CC1. The van der Waals surface area contributed by atoms with Crippen molar-refractivity contribution >= 4 is 17.3 Å². The molecule has 1 N–H and O–H groups in total. The van der Waals surface area contributed by atoms with Gasteiger partial charge in [0.05, 0.1) is 12.3 Å². The highest BCUT2D eigenvalue weighted by Crippen LogP contribution is 2.29. The van der Waals surface area contributed by atoms with Crippen LogP contribution in [0.15, 0.2) is 18.2 Å². The number of likely N-dealkylation sites (tertiary alicyclic amines) is 1. The molecule has 2 rings (SSSR count). The number of anilines is 1. The van der Waals surface area contributed by atoms with Crippen LogP contribution in [0.5, 0.6) is 5.75 Å². The van der Waals surface area contributed by atoms with Crippen LogP contribution in [0.2, 0.25) is 5.02 Å². The molecule has 0 unspecified atom stereocenters. The van der Waals surface area contributed by atoms with Crippen molar-refractivity contribution in [3.8, 4) is 5.75 Å². The van der Waals surface area contributed by atoms with Gasteiger partial charge in [0.25, 0.3) is 0 Å². The molecule has 0 radical (unpaired) electrons. The molecule has 1 heterocycles. The lowest BCUT2D eigenvalue weighted by molar-refractivity contribution is 0.263. The Bertz CT molecular complexity index is 389. The Balaban J connectivity index is 2.05. The van der Waals surface area contributed by atoms with E-state index in [2.05, 4.69) is 17.3 Å². The quantitative estimate of drug-likeness (QED) is 0.907. The number of hydrogen-bond donors (Lipinski definition) is 1. The number of benzene rings is 1. The zero-order valence-electron chi connectivity index (χ0n) is 11.1. The molecule has 1 aliphatic rings. The van der Waals surface area contributed by atoms with Crippen LogP contribution in [-0.4, -0.2) is 37.7 Å². The molecule has 18 heavy (non-hydrogen) atoms. The van der Waals surface area contributed by atoms with Crippen molar-refractivity contribution in [3.63, 3.8) is 0 Å². The van der Waals surface area contributed by atoms with E-state index in [1.807, 2.05) is 25.1 Å². The van der Waals surface area contributed by atoms with Crippen LogP contribution >= 0.6 is 11.6 Å². The molecule has 0 aromatic heterocycles. The molecule has 1 fully saturated rings. The Morgan fingerprint density at radius 1 is 1.39 bits per heavy atom. The average molecular weight is 269 g/mol. The summed E-state index contributed by atoms with van der Waals surface area (Å²) in [6.45, 7) is 4.95. The predicted octanol–water partition coefficient (Wildman–Crippen LogP) is 3.24. The maximum atomic E-state index is 6.05. The highest BCUT2D eigenvalue weighted by Gasteiger charge is 2.17. The molecule has 0 aliphatic carbocycles. The summed E-state index contributed by atoms with van der Waals surface area (Å²) in [6.07, 6.45) is 2.32. The van der Waals surface area contributed by atoms with E-state index in [1.54, 1.807) is 0 Å². The number of hydrogen-bond acceptors (Lipinski definition) is 3. The molecule has 4 heteroatoms. The van der Waals surface area contributed by atoms with Crippen molar-refractivity contribution in [1.29, 1.82) is 0 Å². The van der Waals surface area contributed by atoms with Crippen LogP contribution < -0.4 is 10.1 Å². The third kappa shape index (κ3) is 3.53. The van der Waals surface area contributed by atoms with Crippen LogP contribution in [0.25, 0.3) is 0 Å². The summed E-state index contributed by atoms with van der Waals surface area (Å²) in [6, 6.07) is 6.26. The van der Waals surface area contributed by atoms with Crippen molar-refractivity contribution < 1.29 is 4.74 Å². The number of piperidine rings is 1. The van der Waals surface area contributed by atoms with Crippen LogP contribution in [0.1, 0.15) is 19.8 Å². The van der Waals surface area contributed by atoms with Crippen molar-refractivity contribution in [2.24, 2.45) is 0 Å². The first kappa shape index (κ1) is 13.5. The smallest absolute Gasteiger partial charge is 0.142 e. The zero-order valence-corrected chi connectivity index (χ0v) is 11.8. The topological polar surface area (TPSA) is 24.5 Å². The van der Waals surface area contributed by atoms with Crippen LogP contribution in [-0.2, 0) is 0 Å². The Hall–Kier alpha value is -0.930. The minimum atomic E-state index is 0.513. The normalized spacial score (nSPS) is 17.7. The molecule has 1 saturated heterocycles. The molecule has 0 atom stereocenters. The van der Waals surface area contributed by atoms with Crippen LogP contribution in [0.3, 0.4) is 0 Å². The Morgan fingerprint density at radius 2 is 2.11 bits per heavy atom. The summed E-state index contributed by atoms with van der Waals surface area (Å²) < 4.78 is 5.62. The van der Waals surface area contributed by atoms with E-state index in [1.165, 1.54) is 0 Å². The van der Waals surface area contributed by atoms with Gasteiger partial charge in [0.15, 0.2) is 0 Å². The van der Waals surface area contributed by atoms with E-state index in [4.69, 9.17) is 16.3 Å². The lowest BCUT2D eigenvalue weighted by Gasteiger charge is -2.30. The first-order chi connectivity index (χ1) is 8.69. The summed E-state index contributed by atoms with van der Waals surface area (Å²) in [7, 11) is 2.17. The Labute approximate surface area is 114 Å². The number of nitrogens with one attached hydrogen (secondary N) is 1. The predicted molar refractivity (Wildman–Crippen MR) is 76.8 cm³/mol. The summed E-state index contributed by atoms with van der Waals surface area (Å²) in [5.74, 6) is 0.890. The third-order valence-electron chi connectivity index (χ3n) is 3.32. The molecule has 0 saturated carbocycles. The fourth-order valence-corrected chi connectivity index (χ4v) is 2.44. The Morgan fingerprint density at radius 3 is 2.78 bits per heavy atom. The van der Waals surface area contributed by atoms with Crippen molar-refractivity contribution in [2.45, 2.75) is 25.8 Å². The minimum Gasteiger partial charge on any atom is -0.492 e. The number of nitrogens with zero attached hydrogens (tertiary/aromatic N) is 1. The second kappa shape index (κ2) is 6.30. The summed E-state index contributed by atoms with van der Waals surface area (Å²) in [5, 5.41) is 4.30. The monoisotopic (exact) mass is 268 g/mol. The van der Waals surface area contributed by atoms with Crippen molar-refractivity contribution in [3.05, 3.63) is 23.2 Å². The van der Waals surface area contributed by atoms with E-state index < -0.39 is 0 Å². The molecule has 3 nitrogen and oxygen atoms in total. The lowest BCUT2D eigenvalue weighted by atomic mass is 10.1. The zero-order chi connectivity index (χ0) is 13.0. The molecule has 1 aromatic carbocycles. The van der Waals surface area contributed by atoms with Gasteiger partial charge in [-0.15, -0.1) is 0 Å². The van der Waals surface area contributed by atoms with Gasteiger partial charge in [0, 0.05) is 11.1 Å². The number of ether oxygens (including phenoxy) is 1. The maximum Gasteiger partial charge on any atom is 0.142 e. The van der Waals surface area contributed by atoms with Crippen LogP contribution in [0.4, 0.5) is 5.69 Å². The fraction of sp³-hybridized carbons (Fsp3) is 0.571. The standard InChI is InChI=1S/C14H21ClN2O/c1-3-18-14-5-4-11(15)10-13(14)16-12-6-8-17(2)9-7-12/h4-5,10,12,16H,3,6-9H2,1-2H3. The van der Waals surface area contributed by atoms with Gasteiger partial charge >= 0.3 is 0 Å². The van der Waals surface area contributed by atoms with Crippen LogP contribution in [0, 0.1) is 0 Å². The van der Waals surface area contributed by atoms with E-state index in [0.717, 1.165) is 42.4 Å². The maximum absolute atomic E-state index is 6.05. The first-order valence-corrected chi connectivity index (χ1v) is 6.94. The highest BCUT2D eigenvalue weighted by atomic mass is 35.5. The Kier molecular flexibility index (Phi) is 4.72. The van der Waals surface area contributed by atoms with Crippen molar-refractivity contribution in [1.82, 2.24) is 4.90 Å². The second-order valence-corrected chi connectivity index (χ2v) is 5.23. The summed E-state index contributed by atoms with van der Waals surface area (Å²) >= 11 is 6.05. The van der Waals surface area contributed by atoms with E-state index in [0.29, 0.717) is 12.6 Å². The van der Waals surface area contributed by atoms with Gasteiger partial charge in [0.1, 0.15) is 5.75 Å². The summed E-state index contributed by atoms with van der Waals surface area (Å²) in [5.41, 5.74) is 1.01. The molecule has 1 aliphatic heterocycles. The van der Waals surface area contributed by atoms with E-state index in [-0.39, 0.29) is 0 Å². The fourth-order valence-electron chi connectivity index (χ4n) is 2.27. The first-order valence-electron chi connectivity index (χ1n) is 6.56. The average Bonchev–Trinajstić information content (AvgIpc) is 2.36. The van der Waals surface area contributed by atoms with Gasteiger partial charge in [-0.1, -0.05) is 11.6 Å². The van der Waals surface area contributed by atoms with E-state index in [9.17, 15) is 0 Å². The highest BCUT2D eigenvalue weighted by molar-refractivity contribution is 6.30. The number of rotatable bonds is 4. The molecule has 1 aromatic rings. The van der Waals surface area contributed by atoms with Gasteiger partial charge in [-0.05, 0) is 58.1 Å². The summed E-state index contributed by atoms with van der Waals surface area (Å²) in [4.78, 5) is 2.36. The molecule has 0 bridgehead atoms. The molecule has 0 amide bonds. The second-order valence-electron chi connectivity index (χ2n) is 4.80. The molecular formula is C14H21ClN2O. The molecular weight excluding hydrogens is 248 g/mol. The number of halogens is 1. The van der Waals surface area contributed by atoms with Crippen molar-refractivity contribution in [2.75, 3.05) is 32.1 Å². The molecule has 0 spiro atoms. The third-order valence-corrected chi connectivity index (χ3v) is 3.55.